The second-order valence-corrected chi connectivity index (χ2v) is 4.66. The second kappa shape index (κ2) is 7.12. The van der Waals surface area contributed by atoms with Gasteiger partial charge in [0.2, 0.25) is 0 Å². The number of nitrogens with one attached hydrogen (secondary N) is 2. The summed E-state index contributed by atoms with van der Waals surface area (Å²) in [6, 6.07) is 7.29. The number of amides is 1. The molecule has 0 fully saturated rings. The van der Waals surface area contributed by atoms with Crippen molar-refractivity contribution in [3.63, 3.8) is 0 Å². The summed E-state index contributed by atoms with van der Waals surface area (Å²) in [4.78, 5) is 12.2. The van der Waals surface area contributed by atoms with Gasteiger partial charge in [-0.1, -0.05) is 12.1 Å². The van der Waals surface area contributed by atoms with E-state index >= 15 is 0 Å². The van der Waals surface area contributed by atoms with Crippen molar-refractivity contribution in [3.05, 3.63) is 24.3 Å². The van der Waals surface area contributed by atoms with Gasteiger partial charge in [0.05, 0.1) is 24.9 Å². The fraction of sp³-hybridized carbons (Fsp3) is 0.500. The third kappa shape index (κ3) is 3.61. The number of rotatable bonds is 6. The summed E-state index contributed by atoms with van der Waals surface area (Å²) >= 11 is 0. The van der Waals surface area contributed by atoms with Crippen molar-refractivity contribution in [2.24, 2.45) is 0 Å². The first-order valence-electron chi connectivity index (χ1n) is 6.64. The van der Waals surface area contributed by atoms with Gasteiger partial charge in [-0.05, 0) is 18.6 Å². The van der Waals surface area contributed by atoms with E-state index in [4.69, 9.17) is 14.6 Å². The molecule has 0 spiro atoms. The van der Waals surface area contributed by atoms with Crippen molar-refractivity contribution < 1.29 is 19.4 Å². The van der Waals surface area contributed by atoms with E-state index in [1.807, 2.05) is 24.3 Å². The van der Waals surface area contributed by atoms with Gasteiger partial charge in [-0.3, -0.25) is 4.79 Å². The smallest absolute Gasteiger partial charge is 0.263 e. The van der Waals surface area contributed by atoms with Crippen LogP contribution in [0.2, 0.25) is 0 Å². The van der Waals surface area contributed by atoms with Gasteiger partial charge in [-0.25, -0.2) is 0 Å². The van der Waals surface area contributed by atoms with E-state index in [2.05, 4.69) is 10.6 Å². The Kier molecular flexibility index (Phi) is 5.20. The lowest BCUT2D eigenvalue weighted by Gasteiger charge is -2.28. The molecule has 6 nitrogen and oxygen atoms in total. The van der Waals surface area contributed by atoms with E-state index in [9.17, 15) is 4.79 Å². The average molecular weight is 280 g/mol. The Morgan fingerprint density at radius 3 is 3.15 bits per heavy atom. The maximum Gasteiger partial charge on any atom is 0.263 e. The summed E-state index contributed by atoms with van der Waals surface area (Å²) in [5, 5.41) is 15.0. The van der Waals surface area contributed by atoms with E-state index in [-0.39, 0.29) is 18.6 Å². The lowest BCUT2D eigenvalue weighted by Crippen LogP contribution is -2.49. The fourth-order valence-corrected chi connectivity index (χ4v) is 2.11. The van der Waals surface area contributed by atoms with E-state index in [0.29, 0.717) is 25.3 Å². The number of methoxy groups -OCH3 is 1. The topological polar surface area (TPSA) is 79.8 Å². The number of hydrogen-bond donors (Lipinski definition) is 3. The van der Waals surface area contributed by atoms with Crippen molar-refractivity contribution >= 4 is 11.6 Å². The molecular weight excluding hydrogens is 260 g/mol. The zero-order chi connectivity index (χ0) is 14.4. The molecule has 3 N–H and O–H groups in total. The Morgan fingerprint density at radius 1 is 1.60 bits per heavy atom. The van der Waals surface area contributed by atoms with Crippen molar-refractivity contribution in [2.45, 2.75) is 18.6 Å². The number of benzene rings is 1. The molecule has 110 valence electrons. The number of para-hydroxylation sites is 2. The van der Waals surface area contributed by atoms with Gasteiger partial charge in [0.25, 0.3) is 5.91 Å². The van der Waals surface area contributed by atoms with Crippen molar-refractivity contribution in [1.29, 1.82) is 0 Å². The molecule has 20 heavy (non-hydrogen) atoms. The highest BCUT2D eigenvalue weighted by atomic mass is 16.5. The first kappa shape index (κ1) is 14.6. The van der Waals surface area contributed by atoms with Crippen LogP contribution in [0.3, 0.4) is 0 Å². The number of ether oxygens (including phenoxy) is 2. The molecule has 1 heterocycles. The Morgan fingerprint density at radius 2 is 2.40 bits per heavy atom. The molecule has 1 aliphatic rings. The Bertz CT molecular complexity index is 447. The summed E-state index contributed by atoms with van der Waals surface area (Å²) in [7, 11) is 1.56. The van der Waals surface area contributed by atoms with Crippen molar-refractivity contribution in [2.75, 3.05) is 32.2 Å². The zero-order valence-electron chi connectivity index (χ0n) is 11.5. The number of aliphatic hydroxyl groups excluding tert-OH is 1. The molecule has 0 radical (unpaired) electrons. The average Bonchev–Trinajstić information content (AvgIpc) is 2.47. The highest BCUT2D eigenvalue weighted by Crippen LogP contribution is 2.28. The van der Waals surface area contributed by atoms with Gasteiger partial charge in [-0.15, -0.1) is 0 Å². The molecule has 2 unspecified atom stereocenters. The Labute approximate surface area is 118 Å². The molecular formula is C14H20N2O4. The van der Waals surface area contributed by atoms with Crippen LogP contribution in [0.4, 0.5) is 5.69 Å². The maximum atomic E-state index is 12.2. The summed E-state index contributed by atoms with van der Waals surface area (Å²) in [6.07, 6.45) is -0.126. The zero-order valence-corrected chi connectivity index (χ0v) is 11.5. The molecule has 0 aromatic heterocycles. The van der Waals surface area contributed by atoms with Crippen LogP contribution in [-0.4, -0.2) is 50.0 Å². The number of fused-ring (bicyclic) bond motifs is 1. The van der Waals surface area contributed by atoms with E-state index in [0.717, 1.165) is 5.69 Å². The summed E-state index contributed by atoms with van der Waals surface area (Å²) < 4.78 is 10.7. The highest BCUT2D eigenvalue weighted by Gasteiger charge is 2.27. The van der Waals surface area contributed by atoms with Crippen LogP contribution in [0, 0.1) is 0 Å². The minimum absolute atomic E-state index is 0.000907. The molecule has 1 aromatic carbocycles. The Hall–Kier alpha value is -1.79. The van der Waals surface area contributed by atoms with Crippen molar-refractivity contribution in [3.8, 4) is 5.75 Å². The number of anilines is 1. The standard InChI is InChI=1S/C14H20N2O4/c1-19-9-10(6-7-17)16-14(18)13-8-15-11-4-2-3-5-12(11)20-13/h2-5,10,13,15,17H,6-9H2,1H3,(H,16,18). The third-order valence-corrected chi connectivity index (χ3v) is 3.12. The quantitative estimate of drug-likeness (QED) is 0.702. The predicted octanol–water partition coefficient (Wildman–Crippen LogP) is 0.373. The summed E-state index contributed by atoms with van der Waals surface area (Å²) in [5.41, 5.74) is 0.889. The van der Waals surface area contributed by atoms with Crippen LogP contribution in [0.25, 0.3) is 0 Å². The monoisotopic (exact) mass is 280 g/mol. The number of carbonyl (C=O) groups excluding carboxylic acids is 1. The van der Waals surface area contributed by atoms with Crippen LogP contribution < -0.4 is 15.4 Å². The molecule has 1 amide bonds. The molecule has 0 bridgehead atoms. The third-order valence-electron chi connectivity index (χ3n) is 3.12. The Balaban J connectivity index is 1.93. The molecule has 0 aliphatic carbocycles. The molecule has 2 rings (SSSR count). The van der Waals surface area contributed by atoms with Gasteiger partial charge >= 0.3 is 0 Å². The van der Waals surface area contributed by atoms with Crippen LogP contribution in [0.5, 0.6) is 5.75 Å². The van der Waals surface area contributed by atoms with Crippen LogP contribution in [0.15, 0.2) is 24.3 Å². The van der Waals surface area contributed by atoms with Crippen LogP contribution >= 0.6 is 0 Å². The molecule has 1 aliphatic heterocycles. The normalized spacial score (nSPS) is 18.4. The molecule has 6 heteroatoms. The predicted molar refractivity (Wildman–Crippen MR) is 74.9 cm³/mol. The van der Waals surface area contributed by atoms with E-state index < -0.39 is 6.10 Å². The minimum Gasteiger partial charge on any atom is -0.477 e. The highest BCUT2D eigenvalue weighted by molar-refractivity contribution is 5.83. The van der Waals surface area contributed by atoms with Gasteiger partial charge in [0.1, 0.15) is 5.75 Å². The van der Waals surface area contributed by atoms with Crippen molar-refractivity contribution in [1.82, 2.24) is 5.32 Å². The van der Waals surface area contributed by atoms with E-state index in [1.54, 1.807) is 7.11 Å². The second-order valence-electron chi connectivity index (χ2n) is 4.66. The number of hydrogen-bond acceptors (Lipinski definition) is 5. The number of aliphatic hydroxyl groups is 1. The SMILES string of the molecule is COCC(CCO)NC(=O)C1CNc2ccccc2O1. The molecule has 0 saturated heterocycles. The van der Waals surface area contributed by atoms with Gasteiger partial charge < -0.3 is 25.2 Å². The molecule has 1 aromatic rings. The molecule has 2 atom stereocenters. The summed E-state index contributed by atoms with van der Waals surface area (Å²) in [5.74, 6) is 0.465. The maximum absolute atomic E-state index is 12.2. The van der Waals surface area contributed by atoms with Crippen LogP contribution in [-0.2, 0) is 9.53 Å². The van der Waals surface area contributed by atoms with Crippen LogP contribution in [0.1, 0.15) is 6.42 Å². The van der Waals surface area contributed by atoms with Gasteiger partial charge in [-0.2, -0.15) is 0 Å². The van der Waals surface area contributed by atoms with Gasteiger partial charge in [0, 0.05) is 13.7 Å². The number of carbonyl (C=O) groups is 1. The fourth-order valence-electron chi connectivity index (χ4n) is 2.11. The summed E-state index contributed by atoms with van der Waals surface area (Å²) in [6.45, 7) is 0.783. The first-order valence-corrected chi connectivity index (χ1v) is 6.64. The molecule has 0 saturated carbocycles. The van der Waals surface area contributed by atoms with E-state index in [1.165, 1.54) is 0 Å². The van der Waals surface area contributed by atoms with Gasteiger partial charge in [0.15, 0.2) is 6.10 Å². The largest absolute Gasteiger partial charge is 0.477 e. The minimum atomic E-state index is -0.581. The first-order chi connectivity index (χ1) is 9.74. The lowest BCUT2D eigenvalue weighted by molar-refractivity contribution is -0.128. The lowest BCUT2D eigenvalue weighted by atomic mass is 10.2.